The van der Waals surface area contributed by atoms with Crippen LogP contribution in [0.1, 0.15) is 23.9 Å². The van der Waals surface area contributed by atoms with Crippen LogP contribution in [0.5, 0.6) is 11.5 Å². The van der Waals surface area contributed by atoms with Crippen molar-refractivity contribution in [2.45, 2.75) is 20.5 Å². The number of benzene rings is 2. The quantitative estimate of drug-likeness (QED) is 0.410. The van der Waals surface area contributed by atoms with E-state index in [4.69, 9.17) is 9.47 Å². The number of nitrogens with zero attached hydrogens (tertiary/aromatic N) is 3. The van der Waals surface area contributed by atoms with Gasteiger partial charge in [0.15, 0.2) is 11.5 Å². The maximum absolute atomic E-state index is 12.6. The molecule has 0 atom stereocenters. The maximum atomic E-state index is 12.6. The highest BCUT2D eigenvalue weighted by Crippen LogP contribution is 2.29. The lowest BCUT2D eigenvalue weighted by molar-refractivity contribution is 0.269. The van der Waals surface area contributed by atoms with Crippen LogP contribution in [0.4, 0.5) is 0 Å². The summed E-state index contributed by atoms with van der Waals surface area (Å²) in [6.45, 7) is 4.66. The number of ether oxygens (including phenoxy) is 2. The Morgan fingerprint density at radius 2 is 1.93 bits per heavy atom. The van der Waals surface area contributed by atoms with Gasteiger partial charge >= 0.3 is 0 Å². The highest BCUT2D eigenvalue weighted by molar-refractivity contribution is 7.16. The van der Waals surface area contributed by atoms with Crippen LogP contribution < -0.4 is 15.0 Å². The molecule has 0 saturated carbocycles. The first kappa shape index (κ1) is 19.8. The Hall–Kier alpha value is -3.45. The molecule has 2 heterocycles. The van der Waals surface area contributed by atoms with Crippen LogP contribution >= 0.6 is 11.3 Å². The van der Waals surface area contributed by atoms with E-state index in [1.54, 1.807) is 19.2 Å². The van der Waals surface area contributed by atoms with Crippen molar-refractivity contribution in [2.24, 2.45) is 5.10 Å². The number of hydrogen-bond donors (Lipinski definition) is 0. The number of thiophene rings is 1. The standard InChI is InChI=1S/C23H21N3O3S/c1-3-28-21-13-18(9-10-20(21)29-15-17-7-5-4-6-8-17)14-24-26-16(2)25-22-19(23(26)27)11-12-30-22/h4-14H,3,15H2,1-2H3. The lowest BCUT2D eigenvalue weighted by Crippen LogP contribution is -2.19. The summed E-state index contributed by atoms with van der Waals surface area (Å²) in [4.78, 5) is 17.8. The van der Waals surface area contributed by atoms with Gasteiger partial charge in [-0.3, -0.25) is 4.79 Å². The van der Waals surface area contributed by atoms with Gasteiger partial charge in [-0.15, -0.1) is 11.3 Å². The van der Waals surface area contributed by atoms with Crippen LogP contribution in [0.25, 0.3) is 10.2 Å². The largest absolute Gasteiger partial charge is 0.490 e. The van der Waals surface area contributed by atoms with Gasteiger partial charge in [-0.2, -0.15) is 9.78 Å². The Morgan fingerprint density at radius 1 is 1.10 bits per heavy atom. The number of rotatable bonds is 7. The zero-order valence-corrected chi connectivity index (χ0v) is 17.6. The Balaban J connectivity index is 1.59. The van der Waals surface area contributed by atoms with Crippen molar-refractivity contribution in [2.75, 3.05) is 6.61 Å². The molecule has 4 aromatic rings. The molecule has 0 saturated heterocycles. The first-order valence-corrected chi connectivity index (χ1v) is 10.5. The van der Waals surface area contributed by atoms with E-state index in [1.165, 1.54) is 16.0 Å². The Labute approximate surface area is 178 Å². The molecule has 0 aliphatic rings. The Bertz CT molecular complexity index is 1250. The summed E-state index contributed by atoms with van der Waals surface area (Å²) >= 11 is 1.44. The second kappa shape index (κ2) is 8.92. The molecule has 0 unspecified atom stereocenters. The summed E-state index contributed by atoms with van der Waals surface area (Å²) in [6, 6.07) is 17.3. The van der Waals surface area contributed by atoms with Crippen molar-refractivity contribution in [3.63, 3.8) is 0 Å². The van der Waals surface area contributed by atoms with E-state index in [0.717, 1.165) is 16.0 Å². The van der Waals surface area contributed by atoms with Gasteiger partial charge in [0.05, 0.1) is 18.2 Å². The molecule has 0 spiro atoms. The van der Waals surface area contributed by atoms with Gasteiger partial charge in [0.1, 0.15) is 17.3 Å². The van der Waals surface area contributed by atoms with Crippen molar-refractivity contribution in [3.05, 3.63) is 87.3 Å². The van der Waals surface area contributed by atoms with Crippen molar-refractivity contribution >= 4 is 27.8 Å². The molecule has 0 fully saturated rings. The molecule has 2 aromatic heterocycles. The third kappa shape index (κ3) is 4.26. The van der Waals surface area contributed by atoms with Gasteiger partial charge in [-0.05, 0) is 54.6 Å². The molecule has 4 rings (SSSR count). The summed E-state index contributed by atoms with van der Waals surface area (Å²) in [6.07, 6.45) is 1.62. The van der Waals surface area contributed by atoms with Crippen molar-refractivity contribution in [1.29, 1.82) is 0 Å². The average Bonchev–Trinajstić information content (AvgIpc) is 3.22. The smallest absolute Gasteiger partial charge is 0.282 e. The van der Waals surface area contributed by atoms with E-state index in [0.29, 0.717) is 35.9 Å². The van der Waals surface area contributed by atoms with E-state index in [9.17, 15) is 4.79 Å². The SMILES string of the molecule is CCOc1cc(C=Nn2c(C)nc3sccc3c2=O)ccc1OCc1ccccc1. The zero-order chi connectivity index (χ0) is 20.9. The van der Waals surface area contributed by atoms with Gasteiger partial charge in [-0.25, -0.2) is 4.98 Å². The summed E-state index contributed by atoms with van der Waals surface area (Å²) in [5.41, 5.74) is 1.70. The second-order valence-corrected chi connectivity index (χ2v) is 7.47. The Morgan fingerprint density at radius 3 is 2.73 bits per heavy atom. The molecule has 30 heavy (non-hydrogen) atoms. The van der Waals surface area contributed by atoms with E-state index in [2.05, 4.69) is 10.1 Å². The monoisotopic (exact) mass is 419 g/mol. The maximum Gasteiger partial charge on any atom is 0.282 e. The molecular formula is C23H21N3O3S. The topological polar surface area (TPSA) is 65.7 Å². The predicted molar refractivity (Wildman–Crippen MR) is 120 cm³/mol. The lowest BCUT2D eigenvalue weighted by atomic mass is 10.2. The van der Waals surface area contributed by atoms with Crippen LogP contribution in [0, 0.1) is 6.92 Å². The predicted octanol–water partition coefficient (Wildman–Crippen LogP) is 4.63. The van der Waals surface area contributed by atoms with E-state index >= 15 is 0 Å². The third-order valence-electron chi connectivity index (χ3n) is 4.46. The molecule has 0 aliphatic carbocycles. The summed E-state index contributed by atoms with van der Waals surface area (Å²) in [7, 11) is 0. The van der Waals surface area contributed by atoms with Crippen LogP contribution in [0.15, 0.2) is 69.9 Å². The van der Waals surface area contributed by atoms with Crippen molar-refractivity contribution < 1.29 is 9.47 Å². The van der Waals surface area contributed by atoms with E-state index in [-0.39, 0.29) is 5.56 Å². The summed E-state index contributed by atoms with van der Waals surface area (Å²) in [5, 5.41) is 6.78. The lowest BCUT2D eigenvalue weighted by Gasteiger charge is -2.12. The average molecular weight is 420 g/mol. The van der Waals surface area contributed by atoms with Crippen LogP contribution in [0.2, 0.25) is 0 Å². The van der Waals surface area contributed by atoms with Crippen LogP contribution in [-0.4, -0.2) is 22.5 Å². The van der Waals surface area contributed by atoms with Crippen LogP contribution in [-0.2, 0) is 6.61 Å². The molecule has 0 N–H and O–H groups in total. The number of aryl methyl sites for hydroxylation is 1. The van der Waals surface area contributed by atoms with Crippen molar-refractivity contribution in [3.8, 4) is 11.5 Å². The molecule has 2 aromatic carbocycles. The highest BCUT2D eigenvalue weighted by atomic mass is 32.1. The molecule has 0 radical (unpaired) electrons. The molecular weight excluding hydrogens is 398 g/mol. The molecule has 152 valence electrons. The zero-order valence-electron chi connectivity index (χ0n) is 16.7. The molecule has 0 bridgehead atoms. The normalized spacial score (nSPS) is 11.3. The number of aromatic nitrogens is 2. The van der Waals surface area contributed by atoms with Gasteiger partial charge in [0.2, 0.25) is 0 Å². The van der Waals surface area contributed by atoms with Gasteiger partial charge in [0.25, 0.3) is 5.56 Å². The fourth-order valence-corrected chi connectivity index (χ4v) is 3.79. The minimum Gasteiger partial charge on any atom is -0.490 e. The fourth-order valence-electron chi connectivity index (χ4n) is 2.99. The Kier molecular flexibility index (Phi) is 5.90. The molecule has 0 aliphatic heterocycles. The molecule has 0 amide bonds. The number of hydrogen-bond acceptors (Lipinski definition) is 6. The number of fused-ring (bicyclic) bond motifs is 1. The van der Waals surface area contributed by atoms with Crippen LogP contribution in [0.3, 0.4) is 0 Å². The first-order valence-electron chi connectivity index (χ1n) is 9.60. The van der Waals surface area contributed by atoms with Gasteiger partial charge in [0, 0.05) is 0 Å². The second-order valence-electron chi connectivity index (χ2n) is 6.57. The van der Waals surface area contributed by atoms with E-state index < -0.39 is 0 Å². The minimum absolute atomic E-state index is 0.178. The molecule has 7 heteroatoms. The van der Waals surface area contributed by atoms with Crippen molar-refractivity contribution in [1.82, 2.24) is 9.66 Å². The summed E-state index contributed by atoms with van der Waals surface area (Å²) in [5.74, 6) is 1.83. The third-order valence-corrected chi connectivity index (χ3v) is 5.27. The first-order chi connectivity index (χ1) is 14.7. The van der Waals surface area contributed by atoms with Gasteiger partial charge in [-0.1, -0.05) is 30.3 Å². The van der Waals surface area contributed by atoms with Gasteiger partial charge < -0.3 is 9.47 Å². The molecule has 6 nitrogen and oxygen atoms in total. The highest BCUT2D eigenvalue weighted by Gasteiger charge is 2.09. The minimum atomic E-state index is -0.178. The fraction of sp³-hybridized carbons (Fsp3) is 0.174. The van der Waals surface area contributed by atoms with E-state index in [1.807, 2.05) is 60.8 Å². The summed E-state index contributed by atoms with van der Waals surface area (Å²) < 4.78 is 13.0.